The van der Waals surface area contributed by atoms with Crippen molar-refractivity contribution < 1.29 is 29.4 Å². The Morgan fingerprint density at radius 3 is 2.67 bits per heavy atom. The van der Waals surface area contributed by atoms with Crippen LogP contribution in [0.15, 0.2) is 46.3 Å². The van der Waals surface area contributed by atoms with Crippen LogP contribution in [0, 0.1) is 28.6 Å². The van der Waals surface area contributed by atoms with Gasteiger partial charge in [-0.15, -0.1) is 0 Å². The zero-order valence-electron chi connectivity index (χ0n) is 25.8. The molecular weight excluding hydrogens is 532 g/mol. The first-order valence-electron chi connectivity index (χ1n) is 16.0. The lowest BCUT2D eigenvalue weighted by Crippen LogP contribution is -2.39. The molecule has 1 aromatic rings. The summed E-state index contributed by atoms with van der Waals surface area (Å²) in [5, 5.41) is 34.0. The van der Waals surface area contributed by atoms with Gasteiger partial charge in [-0.3, -0.25) is 4.79 Å². The number of carbonyl (C=O) groups is 1. The second-order valence-corrected chi connectivity index (χ2v) is 14.6. The van der Waals surface area contributed by atoms with Crippen LogP contribution < -0.4 is 0 Å². The number of esters is 1. The Morgan fingerprint density at radius 1 is 1.24 bits per heavy atom. The van der Waals surface area contributed by atoms with E-state index >= 15 is 0 Å². The molecule has 1 aromatic heterocycles. The molecule has 4 aliphatic rings. The quantitative estimate of drug-likeness (QED) is 0.305. The summed E-state index contributed by atoms with van der Waals surface area (Å²) in [5.41, 5.74) is 1.99. The van der Waals surface area contributed by atoms with Gasteiger partial charge in [0.25, 0.3) is 0 Å². The van der Waals surface area contributed by atoms with E-state index in [0.29, 0.717) is 36.5 Å². The minimum absolute atomic E-state index is 0.208. The van der Waals surface area contributed by atoms with Gasteiger partial charge in [-0.2, -0.15) is 4.98 Å². The lowest BCUT2D eigenvalue weighted by atomic mass is 9.60. The zero-order valence-corrected chi connectivity index (χ0v) is 25.8. The van der Waals surface area contributed by atoms with Crippen molar-refractivity contribution in [2.45, 2.75) is 122 Å². The summed E-state index contributed by atoms with van der Waals surface area (Å²) in [5.74, 6) is 1.69. The summed E-state index contributed by atoms with van der Waals surface area (Å²) >= 11 is 0. The van der Waals surface area contributed by atoms with Gasteiger partial charge < -0.3 is 24.6 Å². The Bertz CT molecular complexity index is 1200. The van der Waals surface area contributed by atoms with Crippen LogP contribution in [0.25, 0.3) is 0 Å². The second-order valence-electron chi connectivity index (χ2n) is 14.6. The molecule has 0 aromatic carbocycles. The summed E-state index contributed by atoms with van der Waals surface area (Å²) in [4.78, 5) is 17.4. The van der Waals surface area contributed by atoms with Gasteiger partial charge in [0.15, 0.2) is 6.33 Å². The second kappa shape index (κ2) is 12.0. The van der Waals surface area contributed by atoms with Gasteiger partial charge >= 0.3 is 5.97 Å². The van der Waals surface area contributed by atoms with Crippen molar-refractivity contribution in [1.82, 2.24) is 10.1 Å². The number of aromatic nitrogens is 2. The summed E-state index contributed by atoms with van der Waals surface area (Å²) in [6, 6.07) is 0. The minimum atomic E-state index is -0.971. The topological polar surface area (TPSA) is 126 Å². The van der Waals surface area contributed by atoms with Gasteiger partial charge in [0.05, 0.1) is 29.6 Å². The zero-order chi connectivity index (χ0) is 30.3. The maximum absolute atomic E-state index is 13.1. The highest BCUT2D eigenvalue weighted by molar-refractivity contribution is 5.76. The van der Waals surface area contributed by atoms with E-state index in [0.717, 1.165) is 49.7 Å². The third-order valence-corrected chi connectivity index (χ3v) is 11.3. The Kier molecular flexibility index (Phi) is 8.90. The molecule has 0 spiro atoms. The van der Waals surface area contributed by atoms with E-state index in [4.69, 9.17) is 9.26 Å². The molecule has 3 N–H and O–H groups in total. The number of hydrogen-bond acceptors (Lipinski definition) is 8. The van der Waals surface area contributed by atoms with Gasteiger partial charge in [0.1, 0.15) is 6.10 Å². The Morgan fingerprint density at radius 2 is 2.00 bits per heavy atom. The maximum atomic E-state index is 13.1. The molecule has 0 aliphatic heterocycles. The van der Waals surface area contributed by atoms with Gasteiger partial charge in [-0.05, 0) is 112 Å². The third-order valence-electron chi connectivity index (χ3n) is 11.3. The first kappa shape index (κ1) is 31.1. The average molecular weight is 583 g/mol. The first-order chi connectivity index (χ1) is 19.9. The number of aliphatic hydroxyl groups is 3. The average Bonchev–Trinajstić information content (AvgIpc) is 3.39. The van der Waals surface area contributed by atoms with Crippen LogP contribution in [0.4, 0.5) is 0 Å². The number of aliphatic hydroxyl groups excluding tert-OH is 3. The molecule has 42 heavy (non-hydrogen) atoms. The van der Waals surface area contributed by atoms with E-state index in [1.807, 2.05) is 0 Å². The Balaban J connectivity index is 1.29. The van der Waals surface area contributed by atoms with Gasteiger partial charge in [-0.25, -0.2) is 0 Å². The number of ether oxygens (including phenoxy) is 1. The van der Waals surface area contributed by atoms with Gasteiger partial charge in [-0.1, -0.05) is 43.3 Å². The summed E-state index contributed by atoms with van der Waals surface area (Å²) in [6.45, 7) is 12.1. The molecule has 0 saturated heterocycles. The highest BCUT2D eigenvalue weighted by Gasteiger charge is 2.58. The van der Waals surface area contributed by atoms with E-state index in [1.165, 1.54) is 31.2 Å². The largest absolute Gasteiger partial charge is 0.461 e. The van der Waals surface area contributed by atoms with Crippen molar-refractivity contribution in [2.75, 3.05) is 6.61 Å². The van der Waals surface area contributed by atoms with Crippen molar-refractivity contribution in [1.29, 1.82) is 0 Å². The molecule has 7 atom stereocenters. The van der Waals surface area contributed by atoms with Gasteiger partial charge in [0, 0.05) is 6.42 Å². The first-order valence-corrected chi connectivity index (χ1v) is 16.0. The fourth-order valence-corrected chi connectivity index (χ4v) is 8.30. The van der Waals surface area contributed by atoms with Crippen molar-refractivity contribution in [3.05, 3.63) is 47.7 Å². The van der Waals surface area contributed by atoms with Crippen molar-refractivity contribution in [3.8, 4) is 0 Å². The van der Waals surface area contributed by atoms with Crippen LogP contribution in [0.1, 0.15) is 104 Å². The summed E-state index contributed by atoms with van der Waals surface area (Å²) in [7, 11) is 0. The number of nitrogens with zero attached hydrogens (tertiary/aromatic N) is 2. The Hall–Kier alpha value is -2.29. The lowest BCUT2D eigenvalue weighted by molar-refractivity contribution is -0.164. The maximum Gasteiger partial charge on any atom is 0.314 e. The van der Waals surface area contributed by atoms with E-state index in [1.54, 1.807) is 13.8 Å². The monoisotopic (exact) mass is 582 g/mol. The van der Waals surface area contributed by atoms with Crippen molar-refractivity contribution >= 4 is 5.97 Å². The predicted octanol–water partition coefficient (Wildman–Crippen LogP) is 5.59. The third kappa shape index (κ3) is 5.91. The fraction of sp³-hybridized carbons (Fsp3) is 0.735. The van der Waals surface area contributed by atoms with Crippen LogP contribution >= 0.6 is 0 Å². The standard InChI is InChI=1S/C34H50N2O6/c1-21(8-13-29(41-31(40)32(3,4)19-37)34(15-16-34)30-35-20-36-42-30)26-11-12-27-23(7-6-14-33(26,27)5)9-10-24-17-25(38)18-28(39)22(24)2/h9-10,20-21,25-29,37-39H,2,6-8,11-19H2,1,3-5H3/b23-9+,24-10-/t21-,25-,26-,27+,28+,29-,33-/m1/s1. The van der Waals surface area contributed by atoms with E-state index in [-0.39, 0.29) is 18.1 Å². The van der Waals surface area contributed by atoms with Crippen LogP contribution in [-0.4, -0.2) is 56.3 Å². The van der Waals surface area contributed by atoms with Crippen LogP contribution in [0.2, 0.25) is 0 Å². The summed E-state index contributed by atoms with van der Waals surface area (Å²) < 4.78 is 11.6. The number of carbonyl (C=O) groups excluding carboxylic acids is 1. The van der Waals surface area contributed by atoms with E-state index in [2.05, 4.69) is 42.7 Å². The SMILES string of the molecule is C=C1/C(=C\C=C2/CCC[C@]3(C)[C@@H]([C@H](C)CC[C@@H](OC(=O)C(C)(C)CO)C4(c5ncno5)CC4)CC[C@@H]23)C[C@@H](O)C[C@@H]1O. The Labute approximate surface area is 250 Å². The number of allylic oxidation sites excluding steroid dienone is 3. The van der Waals surface area contributed by atoms with Crippen molar-refractivity contribution in [2.24, 2.45) is 28.6 Å². The summed E-state index contributed by atoms with van der Waals surface area (Å²) in [6.07, 6.45) is 14.3. The molecule has 5 rings (SSSR count). The van der Waals surface area contributed by atoms with E-state index in [9.17, 15) is 20.1 Å². The normalized spacial score (nSPS) is 34.3. The molecule has 4 fully saturated rings. The molecule has 8 nitrogen and oxygen atoms in total. The fourth-order valence-electron chi connectivity index (χ4n) is 8.30. The predicted molar refractivity (Wildman–Crippen MR) is 159 cm³/mol. The molecule has 0 amide bonds. The molecular formula is C34H50N2O6. The molecule has 4 saturated carbocycles. The highest BCUT2D eigenvalue weighted by atomic mass is 16.5. The lowest BCUT2D eigenvalue weighted by Gasteiger charge is -2.44. The van der Waals surface area contributed by atoms with Crippen LogP contribution in [-0.2, 0) is 14.9 Å². The van der Waals surface area contributed by atoms with Gasteiger partial charge in [0.2, 0.25) is 5.89 Å². The molecule has 0 bridgehead atoms. The van der Waals surface area contributed by atoms with Crippen LogP contribution in [0.3, 0.4) is 0 Å². The smallest absolute Gasteiger partial charge is 0.314 e. The van der Waals surface area contributed by atoms with Crippen molar-refractivity contribution in [3.63, 3.8) is 0 Å². The van der Waals surface area contributed by atoms with E-state index < -0.39 is 29.0 Å². The highest BCUT2D eigenvalue weighted by Crippen LogP contribution is 2.60. The number of rotatable bonds is 10. The molecule has 8 heteroatoms. The van der Waals surface area contributed by atoms with Crippen LogP contribution in [0.5, 0.6) is 0 Å². The molecule has 232 valence electrons. The molecule has 1 heterocycles. The molecule has 0 radical (unpaired) electrons. The molecule has 4 aliphatic carbocycles. The number of hydrogen-bond donors (Lipinski definition) is 3. The number of fused-ring (bicyclic) bond motifs is 1. The minimum Gasteiger partial charge on any atom is -0.461 e. The molecule has 0 unspecified atom stereocenters.